The van der Waals surface area contributed by atoms with Gasteiger partial charge in [0.25, 0.3) is 5.91 Å². The summed E-state index contributed by atoms with van der Waals surface area (Å²) in [5.41, 5.74) is 6.57. The van der Waals surface area contributed by atoms with Gasteiger partial charge in [-0.1, -0.05) is 12.1 Å². The summed E-state index contributed by atoms with van der Waals surface area (Å²) in [5, 5.41) is 2.87. The molecule has 1 aromatic carbocycles. The molecular formula is C12H16BrClN2O. The van der Waals surface area contributed by atoms with Gasteiger partial charge in [-0.3, -0.25) is 4.79 Å². The van der Waals surface area contributed by atoms with Gasteiger partial charge >= 0.3 is 0 Å². The van der Waals surface area contributed by atoms with Gasteiger partial charge in [-0.15, -0.1) is 12.4 Å². The van der Waals surface area contributed by atoms with Crippen LogP contribution in [0.15, 0.2) is 28.7 Å². The molecule has 0 radical (unpaired) electrons. The normalized spacial score (nSPS) is 15.9. The largest absolute Gasteiger partial charge is 0.350 e. The summed E-state index contributed by atoms with van der Waals surface area (Å²) in [6, 6.07) is 7.49. The number of hydrogen-bond acceptors (Lipinski definition) is 2. The van der Waals surface area contributed by atoms with Crippen LogP contribution in [0.25, 0.3) is 0 Å². The van der Waals surface area contributed by atoms with Crippen molar-refractivity contribution in [2.24, 2.45) is 11.7 Å². The third-order valence-corrected chi connectivity index (χ3v) is 3.54. The number of amides is 1. The molecule has 0 bridgehead atoms. The SMILES string of the molecule is Cl.NC(CNC(=O)c1ccccc1Br)C1CC1. The molecule has 0 spiro atoms. The molecule has 1 fully saturated rings. The smallest absolute Gasteiger partial charge is 0.252 e. The molecule has 3 nitrogen and oxygen atoms in total. The first-order chi connectivity index (χ1) is 7.68. The molecule has 1 saturated carbocycles. The zero-order valence-electron chi connectivity index (χ0n) is 9.36. The lowest BCUT2D eigenvalue weighted by Crippen LogP contribution is -2.38. The predicted molar refractivity (Wildman–Crippen MR) is 74.4 cm³/mol. The number of carbonyl (C=O) groups is 1. The average molecular weight is 320 g/mol. The van der Waals surface area contributed by atoms with Crippen molar-refractivity contribution >= 4 is 34.2 Å². The van der Waals surface area contributed by atoms with E-state index in [-0.39, 0.29) is 24.4 Å². The first-order valence-corrected chi connectivity index (χ1v) is 6.26. The highest BCUT2D eigenvalue weighted by Crippen LogP contribution is 2.31. The minimum absolute atomic E-state index is 0. The first-order valence-electron chi connectivity index (χ1n) is 5.47. The van der Waals surface area contributed by atoms with E-state index in [0.717, 1.165) is 4.47 Å². The summed E-state index contributed by atoms with van der Waals surface area (Å²) in [7, 11) is 0. The molecule has 1 aromatic rings. The lowest BCUT2D eigenvalue weighted by Gasteiger charge is -2.12. The van der Waals surface area contributed by atoms with E-state index in [2.05, 4.69) is 21.2 Å². The predicted octanol–water partition coefficient (Wildman–Crippen LogP) is 2.34. The van der Waals surface area contributed by atoms with Crippen molar-refractivity contribution in [1.82, 2.24) is 5.32 Å². The zero-order valence-corrected chi connectivity index (χ0v) is 11.8. The number of nitrogens with two attached hydrogens (primary N) is 1. The fourth-order valence-corrected chi connectivity index (χ4v) is 2.11. The Morgan fingerprint density at radius 1 is 1.47 bits per heavy atom. The van der Waals surface area contributed by atoms with E-state index < -0.39 is 0 Å². The summed E-state index contributed by atoms with van der Waals surface area (Å²) >= 11 is 3.35. The van der Waals surface area contributed by atoms with Crippen LogP contribution in [0.5, 0.6) is 0 Å². The molecule has 1 aliphatic rings. The van der Waals surface area contributed by atoms with Crippen LogP contribution < -0.4 is 11.1 Å². The lowest BCUT2D eigenvalue weighted by atomic mass is 10.2. The Morgan fingerprint density at radius 3 is 2.71 bits per heavy atom. The molecule has 1 amide bonds. The lowest BCUT2D eigenvalue weighted by molar-refractivity contribution is 0.0949. The van der Waals surface area contributed by atoms with Gasteiger partial charge in [0.1, 0.15) is 0 Å². The molecule has 0 saturated heterocycles. The van der Waals surface area contributed by atoms with E-state index in [1.165, 1.54) is 12.8 Å². The van der Waals surface area contributed by atoms with Gasteiger partial charge in [-0.2, -0.15) is 0 Å². The number of halogens is 2. The molecule has 3 N–H and O–H groups in total. The standard InChI is InChI=1S/C12H15BrN2O.ClH/c13-10-4-2-1-3-9(10)12(16)15-7-11(14)8-5-6-8;/h1-4,8,11H,5-7,14H2,(H,15,16);1H. The highest BCUT2D eigenvalue weighted by molar-refractivity contribution is 9.10. The van der Waals surface area contributed by atoms with E-state index in [0.29, 0.717) is 18.0 Å². The summed E-state index contributed by atoms with van der Waals surface area (Å²) in [6.07, 6.45) is 2.40. The van der Waals surface area contributed by atoms with Crippen LogP contribution in [0.3, 0.4) is 0 Å². The third kappa shape index (κ3) is 3.98. The maximum atomic E-state index is 11.8. The Hall–Kier alpha value is -0.580. The zero-order chi connectivity index (χ0) is 11.5. The Labute approximate surface area is 116 Å². The minimum atomic E-state index is -0.0661. The van der Waals surface area contributed by atoms with Crippen molar-refractivity contribution in [2.75, 3.05) is 6.54 Å². The summed E-state index contributed by atoms with van der Waals surface area (Å²) in [6.45, 7) is 0.560. The van der Waals surface area contributed by atoms with Crippen molar-refractivity contribution in [3.63, 3.8) is 0 Å². The number of benzene rings is 1. The first kappa shape index (κ1) is 14.5. The van der Waals surface area contributed by atoms with E-state index in [1.807, 2.05) is 18.2 Å². The van der Waals surface area contributed by atoms with Gasteiger partial charge in [-0.05, 0) is 46.8 Å². The van der Waals surface area contributed by atoms with Gasteiger partial charge in [-0.25, -0.2) is 0 Å². The molecule has 94 valence electrons. The molecule has 17 heavy (non-hydrogen) atoms. The van der Waals surface area contributed by atoms with Crippen molar-refractivity contribution < 1.29 is 4.79 Å². The van der Waals surface area contributed by atoms with Gasteiger partial charge in [0.05, 0.1) is 5.56 Å². The van der Waals surface area contributed by atoms with Crippen LogP contribution in [-0.2, 0) is 0 Å². The van der Waals surface area contributed by atoms with Crippen LogP contribution in [0, 0.1) is 5.92 Å². The molecular weight excluding hydrogens is 304 g/mol. The van der Waals surface area contributed by atoms with Gasteiger partial charge in [0, 0.05) is 17.1 Å². The molecule has 1 aliphatic carbocycles. The average Bonchev–Trinajstić information content (AvgIpc) is 3.10. The van der Waals surface area contributed by atoms with Crippen LogP contribution in [0.4, 0.5) is 0 Å². The molecule has 0 aromatic heterocycles. The van der Waals surface area contributed by atoms with Crippen LogP contribution in [0.2, 0.25) is 0 Å². The Balaban J connectivity index is 0.00000144. The summed E-state index contributed by atoms with van der Waals surface area (Å²) < 4.78 is 0.812. The molecule has 2 rings (SSSR count). The minimum Gasteiger partial charge on any atom is -0.350 e. The van der Waals surface area contributed by atoms with E-state index >= 15 is 0 Å². The van der Waals surface area contributed by atoms with Crippen molar-refractivity contribution in [3.8, 4) is 0 Å². The molecule has 0 heterocycles. The second kappa shape index (κ2) is 6.38. The second-order valence-electron chi connectivity index (χ2n) is 4.19. The number of hydrogen-bond donors (Lipinski definition) is 2. The quantitative estimate of drug-likeness (QED) is 0.895. The number of nitrogens with one attached hydrogen (secondary N) is 1. The van der Waals surface area contributed by atoms with E-state index in [9.17, 15) is 4.79 Å². The molecule has 0 aliphatic heterocycles. The van der Waals surface area contributed by atoms with Crippen LogP contribution in [-0.4, -0.2) is 18.5 Å². The fraction of sp³-hybridized carbons (Fsp3) is 0.417. The van der Waals surface area contributed by atoms with Crippen molar-refractivity contribution in [2.45, 2.75) is 18.9 Å². The Morgan fingerprint density at radius 2 is 2.12 bits per heavy atom. The van der Waals surface area contributed by atoms with E-state index in [4.69, 9.17) is 5.73 Å². The molecule has 1 unspecified atom stereocenters. The van der Waals surface area contributed by atoms with Gasteiger partial charge < -0.3 is 11.1 Å². The van der Waals surface area contributed by atoms with Crippen LogP contribution >= 0.6 is 28.3 Å². The third-order valence-electron chi connectivity index (χ3n) is 2.84. The highest BCUT2D eigenvalue weighted by atomic mass is 79.9. The maximum Gasteiger partial charge on any atom is 0.252 e. The monoisotopic (exact) mass is 318 g/mol. The topological polar surface area (TPSA) is 55.1 Å². The maximum absolute atomic E-state index is 11.8. The molecule has 5 heteroatoms. The summed E-state index contributed by atoms with van der Waals surface area (Å²) in [5.74, 6) is 0.545. The summed E-state index contributed by atoms with van der Waals surface area (Å²) in [4.78, 5) is 11.8. The van der Waals surface area contributed by atoms with E-state index in [1.54, 1.807) is 6.07 Å². The second-order valence-corrected chi connectivity index (χ2v) is 5.05. The van der Waals surface area contributed by atoms with Crippen molar-refractivity contribution in [1.29, 1.82) is 0 Å². The van der Waals surface area contributed by atoms with Gasteiger partial charge in [0.15, 0.2) is 0 Å². The molecule has 1 atom stereocenters. The number of rotatable bonds is 4. The highest BCUT2D eigenvalue weighted by Gasteiger charge is 2.28. The number of carbonyl (C=O) groups excluding carboxylic acids is 1. The van der Waals surface area contributed by atoms with Crippen molar-refractivity contribution in [3.05, 3.63) is 34.3 Å². The van der Waals surface area contributed by atoms with Crippen LogP contribution in [0.1, 0.15) is 23.2 Å². The fourth-order valence-electron chi connectivity index (χ4n) is 1.64. The Kier molecular flexibility index (Phi) is 5.43. The van der Waals surface area contributed by atoms with Gasteiger partial charge in [0.2, 0.25) is 0 Å². The Bertz CT molecular complexity index is 396.